The Morgan fingerprint density at radius 3 is 2.59 bits per heavy atom. The summed E-state index contributed by atoms with van der Waals surface area (Å²) in [6.07, 6.45) is 5.20. The molecule has 9 nitrogen and oxygen atoms in total. The second-order valence-electron chi connectivity index (χ2n) is 11.2. The molecule has 0 saturated heterocycles. The number of rotatable bonds is 12. The third kappa shape index (κ3) is 6.35. The van der Waals surface area contributed by atoms with E-state index >= 15 is 0 Å². The molecule has 0 bridgehead atoms. The van der Waals surface area contributed by atoms with Gasteiger partial charge in [-0.3, -0.25) is 9.69 Å². The second kappa shape index (κ2) is 12.6. The number of ether oxygens (including phenoxy) is 5. The van der Waals surface area contributed by atoms with Crippen LogP contribution >= 0.6 is 0 Å². The van der Waals surface area contributed by atoms with Crippen molar-refractivity contribution in [3.63, 3.8) is 0 Å². The highest BCUT2D eigenvalue weighted by Crippen LogP contribution is 2.47. The summed E-state index contributed by atoms with van der Waals surface area (Å²) in [7, 11) is 2.81. The van der Waals surface area contributed by atoms with Gasteiger partial charge in [-0.1, -0.05) is 33.6 Å². The molecule has 1 aromatic carbocycles. The van der Waals surface area contributed by atoms with E-state index in [-0.39, 0.29) is 25.2 Å². The minimum Gasteiger partial charge on any atom is -0.497 e. The van der Waals surface area contributed by atoms with Crippen molar-refractivity contribution in [2.75, 3.05) is 34.1 Å². The van der Waals surface area contributed by atoms with Gasteiger partial charge in [-0.05, 0) is 67.5 Å². The van der Waals surface area contributed by atoms with Gasteiger partial charge in [0.2, 0.25) is 6.79 Å². The number of hydrogen-bond acceptors (Lipinski definition) is 9. The Labute approximate surface area is 231 Å². The first kappa shape index (κ1) is 29.2. The molecule has 3 aliphatic rings. The first-order valence-corrected chi connectivity index (χ1v) is 14.1. The highest BCUT2D eigenvalue weighted by atomic mass is 16.7. The van der Waals surface area contributed by atoms with Crippen LogP contribution < -0.4 is 9.47 Å². The Balaban J connectivity index is 1.68. The Morgan fingerprint density at radius 2 is 1.92 bits per heavy atom. The number of unbranched alkanes of at least 4 members (excludes halogenated alkanes) is 1. The fourth-order valence-electron chi connectivity index (χ4n) is 5.88. The van der Waals surface area contributed by atoms with Crippen LogP contribution in [0.15, 0.2) is 24.0 Å². The zero-order valence-electron chi connectivity index (χ0n) is 23.9. The molecule has 0 saturated carbocycles. The molecular weight excluding hydrogens is 502 g/mol. The summed E-state index contributed by atoms with van der Waals surface area (Å²) in [6, 6.07) is 3.96. The van der Waals surface area contributed by atoms with E-state index in [4.69, 9.17) is 23.7 Å². The molecule has 0 unspecified atom stereocenters. The lowest BCUT2D eigenvalue weighted by Gasteiger charge is -2.34. The Hall–Kier alpha value is -2.78. The lowest BCUT2D eigenvalue weighted by molar-refractivity contribution is -0.178. The molecule has 9 heteroatoms. The van der Waals surface area contributed by atoms with Crippen LogP contribution in [0.3, 0.4) is 0 Å². The lowest BCUT2D eigenvalue weighted by Crippen LogP contribution is -2.46. The van der Waals surface area contributed by atoms with Crippen molar-refractivity contribution in [3.8, 4) is 11.5 Å². The van der Waals surface area contributed by atoms with Gasteiger partial charge in [0.25, 0.3) is 0 Å². The van der Waals surface area contributed by atoms with Gasteiger partial charge in [-0.15, -0.1) is 0 Å². The highest BCUT2D eigenvalue weighted by molar-refractivity contribution is 5.86. The molecule has 4 atom stereocenters. The molecule has 1 N–H and O–H groups in total. The normalized spacial score (nSPS) is 23.4. The first-order chi connectivity index (χ1) is 18.7. The predicted molar refractivity (Wildman–Crippen MR) is 145 cm³/mol. The molecule has 0 fully saturated rings. The average molecular weight is 546 g/mol. The van der Waals surface area contributed by atoms with E-state index in [1.165, 1.54) is 7.11 Å². The summed E-state index contributed by atoms with van der Waals surface area (Å²) in [5.41, 5.74) is 0.131. The SMILES string of the molecule is CCCCN1CCc2cc3c(cc2[C@@H]2[C@H](OC(=O)[C@@](O)(CCCC(C)C)CC(=O)OC)C(OC)=C[C@@H]21)OCO3. The van der Waals surface area contributed by atoms with Crippen molar-refractivity contribution in [2.24, 2.45) is 5.92 Å². The van der Waals surface area contributed by atoms with Gasteiger partial charge in [-0.2, -0.15) is 0 Å². The molecule has 1 aliphatic carbocycles. The fraction of sp³-hybridized carbons (Fsp3) is 0.667. The van der Waals surface area contributed by atoms with Crippen molar-refractivity contribution in [1.82, 2.24) is 4.90 Å². The second-order valence-corrected chi connectivity index (χ2v) is 11.2. The van der Waals surface area contributed by atoms with Crippen LogP contribution in [0.5, 0.6) is 11.5 Å². The van der Waals surface area contributed by atoms with Crippen molar-refractivity contribution < 1.29 is 38.4 Å². The molecule has 0 spiro atoms. The summed E-state index contributed by atoms with van der Waals surface area (Å²) >= 11 is 0. The number of hydrogen-bond donors (Lipinski definition) is 1. The van der Waals surface area contributed by atoms with Crippen LogP contribution in [-0.2, 0) is 30.2 Å². The van der Waals surface area contributed by atoms with Crippen LogP contribution in [0.4, 0.5) is 0 Å². The standard InChI is InChI=1S/C30H43NO8/c1-6-7-12-31-13-10-20-14-23-24(38-18-37-23)15-21(20)27-22(31)16-25(35-4)28(27)39-29(33)30(34,17-26(32)36-5)11-8-9-19(2)3/h14-16,19,22,27-28,34H,6-13,17-18H2,1-5H3/t22-,27-,28+,30+/m0/s1. The van der Waals surface area contributed by atoms with E-state index in [2.05, 4.69) is 25.7 Å². The minimum absolute atomic E-state index is 0.0689. The highest BCUT2D eigenvalue weighted by Gasteiger charge is 2.49. The quantitative estimate of drug-likeness (QED) is 0.389. The number of carbonyl (C=O) groups is 2. The molecule has 1 aromatic rings. The summed E-state index contributed by atoms with van der Waals surface area (Å²) in [4.78, 5) is 28.3. The Morgan fingerprint density at radius 1 is 1.18 bits per heavy atom. The zero-order chi connectivity index (χ0) is 28.2. The van der Waals surface area contributed by atoms with E-state index in [0.29, 0.717) is 23.8 Å². The molecule has 39 heavy (non-hydrogen) atoms. The van der Waals surface area contributed by atoms with Gasteiger partial charge < -0.3 is 28.8 Å². The molecule has 0 aromatic heterocycles. The maximum atomic E-state index is 13.7. The van der Waals surface area contributed by atoms with Crippen LogP contribution in [0.2, 0.25) is 0 Å². The number of esters is 2. The molecular formula is C30H43NO8. The van der Waals surface area contributed by atoms with Gasteiger partial charge in [-0.25, -0.2) is 4.79 Å². The van der Waals surface area contributed by atoms with Gasteiger partial charge in [0.15, 0.2) is 23.2 Å². The van der Waals surface area contributed by atoms with Gasteiger partial charge >= 0.3 is 11.9 Å². The lowest BCUT2D eigenvalue weighted by atomic mass is 9.86. The molecule has 0 amide bonds. The van der Waals surface area contributed by atoms with E-state index < -0.39 is 30.1 Å². The van der Waals surface area contributed by atoms with Crippen LogP contribution in [0, 0.1) is 5.92 Å². The van der Waals surface area contributed by atoms with Gasteiger partial charge in [0.1, 0.15) is 5.76 Å². The van der Waals surface area contributed by atoms with Gasteiger partial charge in [0, 0.05) is 18.5 Å². The molecule has 216 valence electrons. The third-order valence-corrected chi connectivity index (χ3v) is 8.08. The number of aliphatic hydroxyl groups is 1. The molecule has 4 rings (SSSR count). The Kier molecular flexibility index (Phi) is 9.43. The number of methoxy groups -OCH3 is 2. The number of nitrogens with zero attached hydrogens (tertiary/aromatic N) is 1. The number of benzene rings is 1. The van der Waals surface area contributed by atoms with Crippen molar-refractivity contribution in [2.45, 2.75) is 89.4 Å². The van der Waals surface area contributed by atoms with Crippen LogP contribution in [0.1, 0.15) is 76.3 Å². The van der Waals surface area contributed by atoms with Crippen LogP contribution in [-0.4, -0.2) is 73.8 Å². The molecule has 2 heterocycles. The molecule has 0 radical (unpaired) electrons. The summed E-state index contributed by atoms with van der Waals surface area (Å²) in [6.45, 7) is 8.22. The smallest absolute Gasteiger partial charge is 0.339 e. The number of carbonyl (C=O) groups excluding carboxylic acids is 2. The van der Waals surface area contributed by atoms with E-state index in [1.807, 2.05) is 18.2 Å². The monoisotopic (exact) mass is 545 g/mol. The summed E-state index contributed by atoms with van der Waals surface area (Å²) < 4.78 is 28.1. The van der Waals surface area contributed by atoms with Crippen molar-refractivity contribution in [3.05, 3.63) is 35.1 Å². The summed E-state index contributed by atoms with van der Waals surface area (Å²) in [5, 5.41) is 11.5. The fourth-order valence-corrected chi connectivity index (χ4v) is 5.88. The first-order valence-electron chi connectivity index (χ1n) is 14.1. The Bertz CT molecular complexity index is 1070. The minimum atomic E-state index is -2.00. The summed E-state index contributed by atoms with van der Waals surface area (Å²) in [5.74, 6) is 0.545. The maximum Gasteiger partial charge on any atom is 0.339 e. The maximum absolute atomic E-state index is 13.7. The number of fused-ring (bicyclic) bond motifs is 4. The van der Waals surface area contributed by atoms with Gasteiger partial charge in [0.05, 0.1) is 20.6 Å². The average Bonchev–Trinajstić information content (AvgIpc) is 3.47. The van der Waals surface area contributed by atoms with Crippen LogP contribution in [0.25, 0.3) is 0 Å². The van der Waals surface area contributed by atoms with Crippen molar-refractivity contribution >= 4 is 11.9 Å². The van der Waals surface area contributed by atoms with Crippen molar-refractivity contribution in [1.29, 1.82) is 0 Å². The van der Waals surface area contributed by atoms with E-state index in [0.717, 1.165) is 55.6 Å². The zero-order valence-corrected chi connectivity index (χ0v) is 23.9. The largest absolute Gasteiger partial charge is 0.497 e. The predicted octanol–water partition coefficient (Wildman–Crippen LogP) is 4.10. The van der Waals surface area contributed by atoms with E-state index in [1.54, 1.807) is 7.11 Å². The molecule has 2 aliphatic heterocycles. The third-order valence-electron chi connectivity index (χ3n) is 8.08. The topological polar surface area (TPSA) is 104 Å². The van der Waals surface area contributed by atoms with E-state index in [9.17, 15) is 14.7 Å².